The molecule has 0 bridgehead atoms. The molecule has 1 amide bonds. The normalized spacial score (nSPS) is 23.6. The highest BCUT2D eigenvalue weighted by Crippen LogP contribution is 2.39. The molecule has 2 aliphatic rings. The minimum absolute atomic E-state index is 0.118. The number of β-lactam (4-membered cyclic amide) rings is 1. The summed E-state index contributed by atoms with van der Waals surface area (Å²) >= 11 is 0. The number of carbonyl (C=O) groups is 3. The molecule has 0 radical (unpaired) electrons. The molecule has 9 heteroatoms. The second-order valence-electron chi connectivity index (χ2n) is 7.23. The molecule has 0 aromatic carbocycles. The van der Waals surface area contributed by atoms with Gasteiger partial charge in [0.25, 0.3) is 0 Å². The summed E-state index contributed by atoms with van der Waals surface area (Å²) < 4.78 is 35.0. The Hall–Kier alpha value is -1.74. The van der Waals surface area contributed by atoms with Crippen LogP contribution in [-0.4, -0.2) is 61.9 Å². The number of ether oxygens (including phenoxy) is 2. The third-order valence-electron chi connectivity index (χ3n) is 4.23. The fraction of sp³-hybridized carbons (Fsp3) is 0.688. The molecule has 0 N–H and O–H groups in total. The van der Waals surface area contributed by atoms with Gasteiger partial charge < -0.3 is 9.47 Å². The molecule has 0 aromatic rings. The standard InChI is InChI=1S/C16H23NO7S/c1-9(18)24-7-10-8-25(21,22)12-6-11(19)17(12)13(10)14(23-5)15(20)16(2,3)4/h12,14H,6-8H2,1-5H3/t12-,14?/m0/s1. The first-order valence-corrected chi connectivity index (χ1v) is 9.57. The topological polar surface area (TPSA) is 107 Å². The number of methoxy groups -OCH3 is 1. The van der Waals surface area contributed by atoms with Crippen LogP contribution in [0.4, 0.5) is 0 Å². The molecule has 0 aliphatic carbocycles. The number of ketones is 1. The predicted molar refractivity (Wildman–Crippen MR) is 88.0 cm³/mol. The Morgan fingerprint density at radius 2 is 1.92 bits per heavy atom. The largest absolute Gasteiger partial charge is 0.461 e. The van der Waals surface area contributed by atoms with Gasteiger partial charge in [0.15, 0.2) is 21.7 Å². The predicted octanol–water partition coefficient (Wildman–Crippen LogP) is 0.421. The molecule has 25 heavy (non-hydrogen) atoms. The number of rotatable bonds is 5. The highest BCUT2D eigenvalue weighted by Gasteiger charge is 2.54. The Balaban J connectivity index is 2.56. The van der Waals surface area contributed by atoms with E-state index < -0.39 is 38.6 Å². The SMILES string of the molecule is COC(C(=O)C(C)(C)C)C1=C(COC(C)=O)CS(=O)(=O)[C@H]2CC(=O)N12. The van der Waals surface area contributed by atoms with E-state index in [1.165, 1.54) is 14.0 Å². The lowest BCUT2D eigenvalue weighted by Gasteiger charge is -2.47. The summed E-state index contributed by atoms with van der Waals surface area (Å²) in [6.07, 6.45) is -1.22. The summed E-state index contributed by atoms with van der Waals surface area (Å²) in [6, 6.07) is 0. The lowest BCUT2D eigenvalue weighted by atomic mass is 9.85. The molecule has 2 aliphatic heterocycles. The molecule has 1 fully saturated rings. The van der Waals surface area contributed by atoms with Crippen LogP contribution in [0, 0.1) is 5.41 Å². The number of Topliss-reactive ketones (excluding diaryl/α,β-unsaturated/α-hetero) is 1. The van der Waals surface area contributed by atoms with Gasteiger partial charge in [-0.2, -0.15) is 0 Å². The van der Waals surface area contributed by atoms with E-state index in [2.05, 4.69) is 0 Å². The average molecular weight is 373 g/mol. The molecule has 140 valence electrons. The summed E-state index contributed by atoms with van der Waals surface area (Å²) in [7, 11) is -2.27. The Morgan fingerprint density at radius 1 is 1.32 bits per heavy atom. The quantitative estimate of drug-likeness (QED) is 0.508. The summed E-state index contributed by atoms with van der Waals surface area (Å²) in [5.41, 5.74) is -0.372. The van der Waals surface area contributed by atoms with Gasteiger partial charge in [-0.3, -0.25) is 19.3 Å². The Bertz CT molecular complexity index is 745. The fourth-order valence-corrected chi connectivity index (χ4v) is 4.76. The van der Waals surface area contributed by atoms with Crippen LogP contribution in [0.1, 0.15) is 34.1 Å². The maximum Gasteiger partial charge on any atom is 0.302 e. The van der Waals surface area contributed by atoms with Crippen molar-refractivity contribution in [3.8, 4) is 0 Å². The van der Waals surface area contributed by atoms with E-state index in [0.717, 1.165) is 4.90 Å². The first-order valence-electron chi connectivity index (χ1n) is 7.86. The number of amides is 1. The summed E-state index contributed by atoms with van der Waals surface area (Å²) in [4.78, 5) is 37.1. The van der Waals surface area contributed by atoms with E-state index in [-0.39, 0.29) is 35.8 Å². The second-order valence-corrected chi connectivity index (χ2v) is 9.39. The zero-order valence-corrected chi connectivity index (χ0v) is 15.8. The van der Waals surface area contributed by atoms with Crippen LogP contribution < -0.4 is 0 Å². The number of sulfone groups is 1. The summed E-state index contributed by atoms with van der Waals surface area (Å²) in [5.74, 6) is -1.64. The van der Waals surface area contributed by atoms with E-state index in [0.29, 0.717) is 0 Å². The van der Waals surface area contributed by atoms with Gasteiger partial charge in [-0.1, -0.05) is 20.8 Å². The van der Waals surface area contributed by atoms with Crippen LogP contribution in [0.15, 0.2) is 11.3 Å². The molecular formula is C16H23NO7S. The number of esters is 1. The van der Waals surface area contributed by atoms with Gasteiger partial charge in [0.2, 0.25) is 5.91 Å². The van der Waals surface area contributed by atoms with Crippen LogP contribution in [0.5, 0.6) is 0 Å². The van der Waals surface area contributed by atoms with Crippen molar-refractivity contribution in [2.75, 3.05) is 19.5 Å². The van der Waals surface area contributed by atoms with Crippen LogP contribution in [0.2, 0.25) is 0 Å². The van der Waals surface area contributed by atoms with Crippen LogP contribution >= 0.6 is 0 Å². The Morgan fingerprint density at radius 3 is 2.36 bits per heavy atom. The molecular weight excluding hydrogens is 350 g/mol. The fourth-order valence-electron chi connectivity index (χ4n) is 2.90. The minimum Gasteiger partial charge on any atom is -0.461 e. The number of carbonyl (C=O) groups excluding carboxylic acids is 3. The Labute approximate surface area is 147 Å². The number of fused-ring (bicyclic) bond motifs is 1. The molecule has 0 spiro atoms. The van der Waals surface area contributed by atoms with Crippen molar-refractivity contribution >= 4 is 27.5 Å². The van der Waals surface area contributed by atoms with E-state index >= 15 is 0 Å². The van der Waals surface area contributed by atoms with Crippen LogP contribution in [0.3, 0.4) is 0 Å². The Kier molecular flexibility index (Phi) is 5.11. The zero-order valence-electron chi connectivity index (χ0n) is 15.0. The van der Waals surface area contributed by atoms with Gasteiger partial charge in [0, 0.05) is 25.0 Å². The molecule has 2 atom stereocenters. The van der Waals surface area contributed by atoms with Crippen molar-refractivity contribution in [1.29, 1.82) is 0 Å². The third kappa shape index (κ3) is 3.62. The van der Waals surface area contributed by atoms with E-state index in [4.69, 9.17) is 9.47 Å². The van der Waals surface area contributed by atoms with Crippen molar-refractivity contribution in [2.45, 2.75) is 45.6 Å². The zero-order chi connectivity index (χ0) is 19.2. The first-order chi connectivity index (χ1) is 11.4. The monoisotopic (exact) mass is 373 g/mol. The lowest BCUT2D eigenvalue weighted by molar-refractivity contribution is -0.144. The van der Waals surface area contributed by atoms with Gasteiger partial charge in [-0.05, 0) is 0 Å². The maximum atomic E-state index is 12.8. The van der Waals surface area contributed by atoms with Crippen LogP contribution in [-0.2, 0) is 33.7 Å². The molecule has 0 saturated carbocycles. The van der Waals surface area contributed by atoms with Crippen molar-refractivity contribution < 1.29 is 32.3 Å². The molecule has 2 rings (SSSR count). The number of hydrogen-bond acceptors (Lipinski definition) is 7. The van der Waals surface area contributed by atoms with Crippen molar-refractivity contribution in [3.05, 3.63) is 11.3 Å². The maximum absolute atomic E-state index is 12.8. The van der Waals surface area contributed by atoms with Crippen molar-refractivity contribution in [3.63, 3.8) is 0 Å². The van der Waals surface area contributed by atoms with Gasteiger partial charge >= 0.3 is 5.97 Å². The van der Waals surface area contributed by atoms with Crippen LogP contribution in [0.25, 0.3) is 0 Å². The smallest absolute Gasteiger partial charge is 0.302 e. The highest BCUT2D eigenvalue weighted by atomic mass is 32.2. The molecule has 0 aromatic heterocycles. The molecule has 1 saturated heterocycles. The van der Waals surface area contributed by atoms with Gasteiger partial charge in [-0.25, -0.2) is 8.42 Å². The first kappa shape index (κ1) is 19.6. The molecule has 2 heterocycles. The van der Waals surface area contributed by atoms with E-state index in [1.54, 1.807) is 20.8 Å². The summed E-state index contributed by atoms with van der Waals surface area (Å²) in [5, 5.41) is -0.985. The molecule has 1 unspecified atom stereocenters. The highest BCUT2D eigenvalue weighted by molar-refractivity contribution is 7.92. The van der Waals surface area contributed by atoms with E-state index in [1.807, 2.05) is 0 Å². The average Bonchev–Trinajstić information content (AvgIpc) is 2.46. The van der Waals surface area contributed by atoms with Gasteiger partial charge in [0.05, 0.1) is 17.9 Å². The lowest BCUT2D eigenvalue weighted by Crippen LogP contribution is -2.62. The second kappa shape index (κ2) is 6.53. The van der Waals surface area contributed by atoms with Gasteiger partial charge in [-0.15, -0.1) is 0 Å². The summed E-state index contributed by atoms with van der Waals surface area (Å²) in [6.45, 7) is 6.02. The number of nitrogens with zero attached hydrogens (tertiary/aromatic N) is 1. The molecule has 8 nitrogen and oxygen atoms in total. The van der Waals surface area contributed by atoms with Gasteiger partial charge in [0.1, 0.15) is 12.0 Å². The number of hydrogen-bond donors (Lipinski definition) is 0. The van der Waals surface area contributed by atoms with Crippen molar-refractivity contribution in [1.82, 2.24) is 4.90 Å². The van der Waals surface area contributed by atoms with Crippen molar-refractivity contribution in [2.24, 2.45) is 5.41 Å². The minimum atomic E-state index is -3.60. The van der Waals surface area contributed by atoms with E-state index in [9.17, 15) is 22.8 Å². The third-order valence-corrected chi connectivity index (χ3v) is 6.19.